The molecule has 0 bridgehead atoms. The first kappa shape index (κ1) is 25.5. The Hall–Kier alpha value is -4.16. The molecule has 2 aromatic carbocycles. The van der Waals surface area contributed by atoms with Crippen molar-refractivity contribution in [2.45, 2.75) is 37.2 Å². The first-order valence-electron chi connectivity index (χ1n) is 11.6. The third-order valence-corrected chi connectivity index (χ3v) is 8.53. The second kappa shape index (κ2) is 9.30. The fraction of sp³-hybridized carbons (Fsp3) is 0.192. The topological polar surface area (TPSA) is 128 Å². The molecule has 2 aromatic heterocycles. The molecule has 196 valence electrons. The Bertz CT molecular complexity index is 1640. The van der Waals surface area contributed by atoms with Gasteiger partial charge in [-0.2, -0.15) is 9.40 Å². The van der Waals surface area contributed by atoms with Crippen LogP contribution >= 0.6 is 0 Å². The van der Waals surface area contributed by atoms with Gasteiger partial charge in [0.2, 0.25) is 10.0 Å². The minimum Gasteiger partial charge on any atom is -0.357 e. The molecular formula is C26H23F2N5O4S. The number of nitrogens with one attached hydrogen (secondary N) is 3. The molecule has 1 amide bonds. The van der Waals surface area contributed by atoms with E-state index in [1.54, 1.807) is 56.4 Å². The molecule has 3 N–H and O–H groups in total. The van der Waals surface area contributed by atoms with E-state index in [0.717, 1.165) is 16.4 Å². The minimum absolute atomic E-state index is 0.143. The molecule has 0 spiro atoms. The quantitative estimate of drug-likeness (QED) is 0.304. The van der Waals surface area contributed by atoms with Gasteiger partial charge in [0.25, 0.3) is 5.91 Å². The molecule has 0 aliphatic carbocycles. The average Bonchev–Trinajstić information content (AvgIpc) is 3.58. The predicted octanol–water partition coefficient (Wildman–Crippen LogP) is 4.13. The third-order valence-electron chi connectivity index (χ3n) is 6.54. The number of fused-ring (bicyclic) bond motifs is 1. The van der Waals surface area contributed by atoms with E-state index in [1.807, 2.05) is 0 Å². The number of aromatic nitrogens is 3. The Labute approximate surface area is 216 Å². The van der Waals surface area contributed by atoms with Crippen molar-refractivity contribution in [1.29, 1.82) is 0 Å². The summed E-state index contributed by atoms with van der Waals surface area (Å²) in [5.41, 5.74) is 1.10. The summed E-state index contributed by atoms with van der Waals surface area (Å²) in [4.78, 5) is 28.1. The fourth-order valence-corrected chi connectivity index (χ4v) is 6.39. The largest absolute Gasteiger partial charge is 0.357 e. The van der Waals surface area contributed by atoms with Crippen LogP contribution in [0.3, 0.4) is 0 Å². The van der Waals surface area contributed by atoms with E-state index < -0.39 is 38.0 Å². The van der Waals surface area contributed by atoms with Crippen molar-refractivity contribution in [2.24, 2.45) is 0 Å². The number of carbonyl (C=O) groups is 2. The molecule has 0 unspecified atom stereocenters. The minimum atomic E-state index is -4.30. The molecule has 9 nitrogen and oxygen atoms in total. The number of para-hydroxylation sites is 1. The van der Waals surface area contributed by atoms with Crippen LogP contribution in [-0.4, -0.2) is 39.6 Å². The summed E-state index contributed by atoms with van der Waals surface area (Å²) in [6.45, 7) is 3.11. The van der Waals surface area contributed by atoms with Crippen LogP contribution in [0.15, 0.2) is 65.7 Å². The summed E-state index contributed by atoms with van der Waals surface area (Å²) < 4.78 is 55.4. The van der Waals surface area contributed by atoms with Crippen molar-refractivity contribution in [1.82, 2.24) is 19.5 Å². The summed E-state index contributed by atoms with van der Waals surface area (Å²) in [5.74, 6) is -2.75. The molecule has 12 heteroatoms. The molecule has 3 heterocycles. The summed E-state index contributed by atoms with van der Waals surface area (Å²) in [7, 11) is -4.30. The van der Waals surface area contributed by atoms with Gasteiger partial charge in [0.15, 0.2) is 5.78 Å². The standard InChI is InChI=1S/C26H23F2N5O4S/c1-26(2)24-19(14-33(26)38(36,37)17-11-15(27)10-16(28)12-17)22(31-32-24)13-23(34)18-6-3-4-7-20(18)30-25(35)21-8-5-9-29-21/h3-12,29H,13-14H2,1-2H3,(H,30,35)(H,31,32). The summed E-state index contributed by atoms with van der Waals surface area (Å²) >= 11 is 0. The Morgan fingerprint density at radius 3 is 2.47 bits per heavy atom. The molecule has 0 saturated carbocycles. The highest BCUT2D eigenvalue weighted by molar-refractivity contribution is 7.89. The van der Waals surface area contributed by atoms with E-state index in [1.165, 1.54) is 0 Å². The zero-order chi connectivity index (χ0) is 27.2. The van der Waals surface area contributed by atoms with Crippen molar-refractivity contribution in [3.63, 3.8) is 0 Å². The van der Waals surface area contributed by atoms with E-state index in [2.05, 4.69) is 20.5 Å². The number of ketones is 1. The Balaban J connectivity index is 1.41. The number of nitrogens with zero attached hydrogens (tertiary/aromatic N) is 2. The van der Waals surface area contributed by atoms with Gasteiger partial charge in [-0.3, -0.25) is 14.7 Å². The number of H-pyrrole nitrogens is 2. The maximum Gasteiger partial charge on any atom is 0.272 e. The third kappa shape index (κ3) is 4.41. The smallest absolute Gasteiger partial charge is 0.272 e. The maximum atomic E-state index is 13.8. The molecule has 4 aromatic rings. The molecule has 0 saturated heterocycles. The lowest BCUT2D eigenvalue weighted by Gasteiger charge is -2.30. The van der Waals surface area contributed by atoms with Gasteiger partial charge in [0.1, 0.15) is 17.3 Å². The first-order valence-corrected chi connectivity index (χ1v) is 13.0. The van der Waals surface area contributed by atoms with Crippen LogP contribution in [0.25, 0.3) is 0 Å². The Morgan fingerprint density at radius 2 is 1.79 bits per heavy atom. The van der Waals surface area contributed by atoms with Gasteiger partial charge < -0.3 is 10.3 Å². The van der Waals surface area contributed by atoms with E-state index in [4.69, 9.17) is 0 Å². The predicted molar refractivity (Wildman–Crippen MR) is 134 cm³/mol. The summed E-state index contributed by atoms with van der Waals surface area (Å²) in [6, 6.07) is 12.0. The number of aromatic amines is 2. The molecule has 0 radical (unpaired) electrons. The molecular weight excluding hydrogens is 516 g/mol. The number of hydrogen-bond donors (Lipinski definition) is 3. The number of Topliss-reactive ketones (excluding diaryl/α,β-unsaturated/α-hetero) is 1. The van der Waals surface area contributed by atoms with E-state index >= 15 is 0 Å². The fourth-order valence-electron chi connectivity index (χ4n) is 4.63. The van der Waals surface area contributed by atoms with Crippen molar-refractivity contribution in [3.8, 4) is 0 Å². The van der Waals surface area contributed by atoms with Gasteiger partial charge in [0.05, 0.1) is 28.2 Å². The number of carbonyl (C=O) groups excluding carboxylic acids is 2. The van der Waals surface area contributed by atoms with Crippen molar-refractivity contribution < 1.29 is 26.8 Å². The molecule has 0 fully saturated rings. The van der Waals surface area contributed by atoms with Crippen LogP contribution in [0.5, 0.6) is 0 Å². The lowest BCUT2D eigenvalue weighted by molar-refractivity contribution is 0.0992. The maximum absolute atomic E-state index is 13.8. The number of sulfonamides is 1. The second-order valence-electron chi connectivity index (χ2n) is 9.39. The highest BCUT2D eigenvalue weighted by atomic mass is 32.2. The monoisotopic (exact) mass is 539 g/mol. The number of rotatable bonds is 7. The highest BCUT2D eigenvalue weighted by Crippen LogP contribution is 2.42. The number of halogens is 2. The SMILES string of the molecule is CC1(C)c2n[nH]c(CC(=O)c3ccccc3NC(=O)c3ccc[nH]3)c2CN1S(=O)(=O)c1cc(F)cc(F)c1. The van der Waals surface area contributed by atoms with Crippen LogP contribution < -0.4 is 5.32 Å². The Kier molecular flexibility index (Phi) is 6.24. The molecule has 5 rings (SSSR count). The van der Waals surface area contributed by atoms with Crippen LogP contribution in [0.2, 0.25) is 0 Å². The van der Waals surface area contributed by atoms with Gasteiger partial charge in [-0.05, 0) is 50.2 Å². The molecule has 0 atom stereocenters. The lowest BCUT2D eigenvalue weighted by atomic mass is 9.99. The number of anilines is 1. The number of benzene rings is 2. The number of amides is 1. The molecule has 1 aliphatic heterocycles. The molecule has 1 aliphatic rings. The van der Waals surface area contributed by atoms with Gasteiger partial charge in [0, 0.05) is 35.6 Å². The zero-order valence-electron chi connectivity index (χ0n) is 20.4. The normalized spacial score (nSPS) is 14.8. The van der Waals surface area contributed by atoms with Crippen LogP contribution in [0.4, 0.5) is 14.5 Å². The van der Waals surface area contributed by atoms with Crippen LogP contribution in [0, 0.1) is 11.6 Å². The first-order chi connectivity index (χ1) is 18.0. The second-order valence-corrected chi connectivity index (χ2v) is 11.3. The summed E-state index contributed by atoms with van der Waals surface area (Å²) in [6.07, 6.45) is 1.47. The van der Waals surface area contributed by atoms with Gasteiger partial charge in [-0.15, -0.1) is 0 Å². The average molecular weight is 540 g/mol. The van der Waals surface area contributed by atoms with E-state index in [-0.39, 0.29) is 24.3 Å². The van der Waals surface area contributed by atoms with Crippen molar-refractivity contribution in [3.05, 3.63) is 101 Å². The van der Waals surface area contributed by atoms with Crippen LogP contribution in [-0.2, 0) is 28.5 Å². The van der Waals surface area contributed by atoms with Crippen molar-refractivity contribution >= 4 is 27.4 Å². The van der Waals surface area contributed by atoms with E-state index in [0.29, 0.717) is 34.4 Å². The Morgan fingerprint density at radius 1 is 1.08 bits per heavy atom. The summed E-state index contributed by atoms with van der Waals surface area (Å²) in [5, 5.41) is 9.86. The lowest BCUT2D eigenvalue weighted by Crippen LogP contribution is -2.40. The number of hydrogen-bond acceptors (Lipinski definition) is 5. The van der Waals surface area contributed by atoms with Gasteiger partial charge in [-0.1, -0.05) is 12.1 Å². The highest BCUT2D eigenvalue weighted by Gasteiger charge is 2.48. The van der Waals surface area contributed by atoms with Crippen molar-refractivity contribution in [2.75, 3.05) is 5.32 Å². The van der Waals surface area contributed by atoms with E-state index in [9.17, 15) is 26.8 Å². The van der Waals surface area contributed by atoms with Crippen LogP contribution in [0.1, 0.15) is 51.6 Å². The molecule has 38 heavy (non-hydrogen) atoms. The zero-order valence-corrected chi connectivity index (χ0v) is 21.2. The van der Waals surface area contributed by atoms with Gasteiger partial charge >= 0.3 is 0 Å². The van der Waals surface area contributed by atoms with Gasteiger partial charge in [-0.25, -0.2) is 17.2 Å².